The molecule has 0 N–H and O–H groups in total. The second kappa shape index (κ2) is 7.19. The molecule has 0 spiro atoms. The highest BCUT2D eigenvalue weighted by molar-refractivity contribution is 5.76. The molecule has 26 heavy (non-hydrogen) atoms. The molecule has 3 atom stereocenters. The van der Waals surface area contributed by atoms with Gasteiger partial charge in [-0.05, 0) is 49.4 Å². The second-order valence-corrected chi connectivity index (χ2v) is 7.21. The number of nitrogens with zero attached hydrogens (tertiary/aromatic N) is 2. The van der Waals surface area contributed by atoms with E-state index in [1.54, 1.807) is 18.4 Å². The van der Waals surface area contributed by atoms with E-state index in [-0.39, 0.29) is 17.8 Å². The lowest BCUT2D eigenvalue weighted by molar-refractivity contribution is -0.146. The number of aromatic nitrogens is 1. The summed E-state index contributed by atoms with van der Waals surface area (Å²) < 4.78 is 23.7. The van der Waals surface area contributed by atoms with E-state index < -0.39 is 0 Å². The molecular formula is C20H23FN2O3. The fourth-order valence-electron chi connectivity index (χ4n) is 4.44. The van der Waals surface area contributed by atoms with Gasteiger partial charge in [-0.3, -0.25) is 9.69 Å². The van der Waals surface area contributed by atoms with Crippen molar-refractivity contribution >= 4 is 5.97 Å². The van der Waals surface area contributed by atoms with E-state index in [4.69, 9.17) is 9.15 Å². The number of carbonyl (C=O) groups is 1. The first-order valence-corrected chi connectivity index (χ1v) is 9.19. The minimum absolute atomic E-state index is 0.165. The van der Waals surface area contributed by atoms with E-state index >= 15 is 0 Å². The number of halogens is 1. The molecule has 2 fully saturated rings. The molecule has 2 heterocycles. The van der Waals surface area contributed by atoms with Gasteiger partial charge in [0.15, 0.2) is 0 Å². The summed E-state index contributed by atoms with van der Waals surface area (Å²) in [7, 11) is 1.45. The van der Waals surface area contributed by atoms with Crippen molar-refractivity contribution in [1.82, 2.24) is 9.88 Å². The topological polar surface area (TPSA) is 55.6 Å². The molecule has 0 radical (unpaired) electrons. The summed E-state index contributed by atoms with van der Waals surface area (Å²) in [6, 6.07) is 6.27. The zero-order valence-electron chi connectivity index (χ0n) is 14.9. The molecule has 2 aliphatic rings. The number of hydrogen-bond acceptors (Lipinski definition) is 5. The quantitative estimate of drug-likeness (QED) is 0.779. The van der Waals surface area contributed by atoms with Gasteiger partial charge < -0.3 is 9.15 Å². The maximum Gasteiger partial charge on any atom is 0.323 e. The summed E-state index contributed by atoms with van der Waals surface area (Å²) in [5.41, 5.74) is 1.52. The van der Waals surface area contributed by atoms with Crippen LogP contribution >= 0.6 is 0 Å². The average molecular weight is 358 g/mol. The van der Waals surface area contributed by atoms with Crippen LogP contribution in [0.3, 0.4) is 0 Å². The van der Waals surface area contributed by atoms with Crippen molar-refractivity contribution in [3.05, 3.63) is 42.0 Å². The summed E-state index contributed by atoms with van der Waals surface area (Å²) in [5.74, 6) is 0.564. The summed E-state index contributed by atoms with van der Waals surface area (Å²) in [4.78, 5) is 19.1. The van der Waals surface area contributed by atoms with Gasteiger partial charge in [0.1, 0.15) is 18.1 Å². The maximum absolute atomic E-state index is 13.1. The lowest BCUT2D eigenvalue weighted by Gasteiger charge is -2.32. The summed E-state index contributed by atoms with van der Waals surface area (Å²) >= 11 is 0. The maximum atomic E-state index is 13.1. The van der Waals surface area contributed by atoms with Crippen LogP contribution in [0.4, 0.5) is 4.39 Å². The molecule has 6 heteroatoms. The smallest absolute Gasteiger partial charge is 0.323 e. The number of rotatable bonds is 4. The molecule has 1 aromatic carbocycles. The van der Waals surface area contributed by atoms with Crippen LogP contribution in [-0.4, -0.2) is 35.0 Å². The van der Waals surface area contributed by atoms with Crippen LogP contribution in [0, 0.1) is 11.7 Å². The number of oxazole rings is 1. The Hall–Kier alpha value is -2.21. The van der Waals surface area contributed by atoms with E-state index in [2.05, 4.69) is 9.88 Å². The van der Waals surface area contributed by atoms with E-state index in [9.17, 15) is 9.18 Å². The Morgan fingerprint density at radius 3 is 2.85 bits per heavy atom. The van der Waals surface area contributed by atoms with Crippen molar-refractivity contribution in [2.24, 2.45) is 5.92 Å². The highest BCUT2D eigenvalue weighted by atomic mass is 19.1. The van der Waals surface area contributed by atoms with Gasteiger partial charge in [-0.1, -0.05) is 12.8 Å². The number of benzene rings is 1. The number of methoxy groups -OCH3 is 1. The third-order valence-corrected chi connectivity index (χ3v) is 5.68. The van der Waals surface area contributed by atoms with Crippen molar-refractivity contribution < 1.29 is 18.3 Å². The lowest BCUT2D eigenvalue weighted by Crippen LogP contribution is -2.42. The van der Waals surface area contributed by atoms with Crippen LogP contribution in [0.5, 0.6) is 0 Å². The van der Waals surface area contributed by atoms with Gasteiger partial charge >= 0.3 is 5.97 Å². The minimum Gasteiger partial charge on any atom is -0.468 e. The highest BCUT2D eigenvalue weighted by Crippen LogP contribution is 2.40. The highest BCUT2D eigenvalue weighted by Gasteiger charge is 2.45. The third kappa shape index (κ3) is 3.26. The molecule has 0 amide bonds. The SMILES string of the molecule is COC(=O)[C@@H]1C[C@H]2CCCC[C@@H]2N1Cc1coc(-c2ccc(F)cc2)n1. The van der Waals surface area contributed by atoms with Crippen molar-refractivity contribution in [2.45, 2.75) is 50.7 Å². The first-order chi connectivity index (χ1) is 12.7. The van der Waals surface area contributed by atoms with Crippen molar-refractivity contribution in [3.63, 3.8) is 0 Å². The van der Waals surface area contributed by atoms with Gasteiger partial charge in [0, 0.05) is 18.2 Å². The number of esters is 1. The lowest BCUT2D eigenvalue weighted by atomic mass is 9.85. The van der Waals surface area contributed by atoms with Crippen LogP contribution in [0.2, 0.25) is 0 Å². The number of likely N-dealkylation sites (tertiary alicyclic amines) is 1. The standard InChI is InChI=1S/C20H23FN2O3/c1-25-20(24)18-10-14-4-2-3-5-17(14)23(18)11-16-12-26-19(22-16)13-6-8-15(21)9-7-13/h6-9,12,14,17-18H,2-5,10-11H2,1H3/t14-,17+,18+/m1/s1. The molecule has 1 aliphatic carbocycles. The third-order valence-electron chi connectivity index (χ3n) is 5.68. The van der Waals surface area contributed by atoms with Gasteiger partial charge in [0.2, 0.25) is 5.89 Å². The monoisotopic (exact) mass is 358 g/mol. The van der Waals surface area contributed by atoms with Crippen molar-refractivity contribution in [1.29, 1.82) is 0 Å². The molecule has 138 valence electrons. The van der Waals surface area contributed by atoms with Crippen LogP contribution < -0.4 is 0 Å². The Kier molecular flexibility index (Phi) is 4.76. The van der Waals surface area contributed by atoms with E-state index in [0.29, 0.717) is 24.4 Å². The van der Waals surface area contributed by atoms with Gasteiger partial charge in [-0.15, -0.1) is 0 Å². The predicted molar refractivity (Wildman–Crippen MR) is 93.6 cm³/mol. The van der Waals surface area contributed by atoms with Crippen molar-refractivity contribution in [2.75, 3.05) is 7.11 Å². The summed E-state index contributed by atoms with van der Waals surface area (Å²) in [6.45, 7) is 0.561. The average Bonchev–Trinajstić information content (AvgIpc) is 3.27. The molecule has 1 aliphatic heterocycles. The Bertz CT molecular complexity index is 774. The Morgan fingerprint density at radius 1 is 1.31 bits per heavy atom. The van der Waals surface area contributed by atoms with Gasteiger partial charge in [-0.2, -0.15) is 0 Å². The molecule has 4 rings (SSSR count). The first-order valence-electron chi connectivity index (χ1n) is 9.19. The Labute approximate surface area is 152 Å². The molecule has 1 saturated carbocycles. The molecule has 0 bridgehead atoms. The summed E-state index contributed by atoms with van der Waals surface area (Å²) in [5, 5.41) is 0. The van der Waals surface area contributed by atoms with E-state index in [0.717, 1.165) is 24.1 Å². The van der Waals surface area contributed by atoms with Gasteiger partial charge in [0.25, 0.3) is 0 Å². The number of carbonyl (C=O) groups excluding carboxylic acids is 1. The number of fused-ring (bicyclic) bond motifs is 1. The van der Waals surface area contributed by atoms with Crippen LogP contribution in [0.25, 0.3) is 11.5 Å². The molecule has 1 saturated heterocycles. The van der Waals surface area contributed by atoms with Crippen molar-refractivity contribution in [3.8, 4) is 11.5 Å². The molecule has 2 aromatic rings. The molecule has 1 aromatic heterocycles. The molecule has 5 nitrogen and oxygen atoms in total. The van der Waals surface area contributed by atoms with Crippen LogP contribution in [-0.2, 0) is 16.1 Å². The second-order valence-electron chi connectivity index (χ2n) is 7.21. The van der Waals surface area contributed by atoms with Crippen LogP contribution in [0.15, 0.2) is 34.9 Å². The fourth-order valence-corrected chi connectivity index (χ4v) is 4.44. The first kappa shape index (κ1) is 17.2. The Balaban J connectivity index is 1.54. The molecular weight excluding hydrogens is 335 g/mol. The van der Waals surface area contributed by atoms with Gasteiger partial charge in [-0.25, -0.2) is 9.37 Å². The zero-order chi connectivity index (χ0) is 18.1. The fraction of sp³-hybridized carbons (Fsp3) is 0.500. The normalized spacial score (nSPS) is 25.8. The zero-order valence-corrected chi connectivity index (χ0v) is 14.9. The van der Waals surface area contributed by atoms with E-state index in [1.807, 2.05) is 0 Å². The molecule has 0 unspecified atom stereocenters. The summed E-state index contributed by atoms with van der Waals surface area (Å²) in [6.07, 6.45) is 7.21. The largest absolute Gasteiger partial charge is 0.468 e. The van der Waals surface area contributed by atoms with Gasteiger partial charge in [0.05, 0.1) is 12.8 Å². The van der Waals surface area contributed by atoms with E-state index in [1.165, 1.54) is 38.5 Å². The van der Waals surface area contributed by atoms with Crippen LogP contribution in [0.1, 0.15) is 37.8 Å². The Morgan fingerprint density at radius 2 is 2.08 bits per heavy atom. The predicted octanol–water partition coefficient (Wildman–Crippen LogP) is 3.79. The number of ether oxygens (including phenoxy) is 1. The number of hydrogen-bond donors (Lipinski definition) is 0. The minimum atomic E-state index is -0.290.